The van der Waals surface area contributed by atoms with E-state index in [0.29, 0.717) is 17.9 Å². The molecule has 1 aliphatic carbocycles. The molecule has 3 unspecified atom stereocenters. The third-order valence-corrected chi connectivity index (χ3v) is 4.52. The Morgan fingerprint density at radius 2 is 1.60 bits per heavy atom. The standard InChI is InChI=1S/C14H13Cl3O3/c1-6-2-8(9(3-6)14(19)20)13(18)12-10(16)4-7(15)5-11(12)17/h4-6,8-9H,2-3H2,1H3,(H,19,20). The number of aliphatic carboxylic acids is 1. The van der Waals surface area contributed by atoms with Crippen molar-refractivity contribution in [2.75, 3.05) is 0 Å². The van der Waals surface area contributed by atoms with E-state index in [0.717, 1.165) is 0 Å². The number of hydrogen-bond acceptors (Lipinski definition) is 2. The lowest BCUT2D eigenvalue weighted by Crippen LogP contribution is -2.25. The van der Waals surface area contributed by atoms with E-state index in [1.165, 1.54) is 12.1 Å². The van der Waals surface area contributed by atoms with Gasteiger partial charge in [0, 0.05) is 10.9 Å². The van der Waals surface area contributed by atoms with Gasteiger partial charge in [-0.1, -0.05) is 41.7 Å². The van der Waals surface area contributed by atoms with Crippen LogP contribution in [0.1, 0.15) is 30.1 Å². The molecule has 1 fully saturated rings. The smallest absolute Gasteiger partial charge is 0.307 e. The molecule has 0 saturated heterocycles. The highest BCUT2D eigenvalue weighted by molar-refractivity contribution is 6.42. The predicted molar refractivity (Wildman–Crippen MR) is 78.8 cm³/mol. The van der Waals surface area contributed by atoms with Crippen molar-refractivity contribution in [3.05, 3.63) is 32.8 Å². The van der Waals surface area contributed by atoms with E-state index in [1.54, 1.807) is 0 Å². The number of halogens is 3. The lowest BCUT2D eigenvalue weighted by molar-refractivity contribution is -0.142. The van der Waals surface area contributed by atoms with E-state index in [4.69, 9.17) is 34.8 Å². The third-order valence-electron chi connectivity index (χ3n) is 3.71. The largest absolute Gasteiger partial charge is 0.481 e. The molecule has 0 spiro atoms. The van der Waals surface area contributed by atoms with Crippen LogP contribution in [0, 0.1) is 17.8 Å². The SMILES string of the molecule is CC1CC(C(=O)O)C(C(=O)c2c(Cl)cc(Cl)cc2Cl)C1. The highest BCUT2D eigenvalue weighted by Gasteiger charge is 2.42. The fourth-order valence-corrected chi connectivity index (χ4v) is 3.82. The summed E-state index contributed by atoms with van der Waals surface area (Å²) in [5.74, 6) is -2.34. The normalized spacial score (nSPS) is 25.7. The predicted octanol–water partition coefficient (Wildman–Crippen LogP) is 4.58. The lowest BCUT2D eigenvalue weighted by Gasteiger charge is -2.16. The van der Waals surface area contributed by atoms with Gasteiger partial charge < -0.3 is 5.11 Å². The molecule has 0 aromatic heterocycles. The minimum Gasteiger partial charge on any atom is -0.481 e. The van der Waals surface area contributed by atoms with Crippen LogP contribution < -0.4 is 0 Å². The van der Waals surface area contributed by atoms with Crippen LogP contribution in [0.4, 0.5) is 0 Å². The van der Waals surface area contributed by atoms with Crippen LogP contribution in [0.3, 0.4) is 0 Å². The van der Waals surface area contributed by atoms with Crippen LogP contribution in [0.25, 0.3) is 0 Å². The summed E-state index contributed by atoms with van der Waals surface area (Å²) in [6, 6.07) is 2.88. The van der Waals surface area contributed by atoms with E-state index >= 15 is 0 Å². The molecular weight excluding hydrogens is 323 g/mol. The molecule has 0 bridgehead atoms. The third kappa shape index (κ3) is 2.95. The first-order chi connectivity index (χ1) is 9.31. The Morgan fingerprint density at radius 1 is 1.10 bits per heavy atom. The molecule has 3 nitrogen and oxygen atoms in total. The summed E-state index contributed by atoms with van der Waals surface area (Å²) in [5.41, 5.74) is 0.170. The minimum absolute atomic E-state index is 0.163. The van der Waals surface area contributed by atoms with E-state index < -0.39 is 17.8 Å². The maximum atomic E-state index is 12.6. The van der Waals surface area contributed by atoms with Gasteiger partial charge in [-0.05, 0) is 30.9 Å². The molecular formula is C14H13Cl3O3. The van der Waals surface area contributed by atoms with Gasteiger partial charge in [0.2, 0.25) is 0 Å². The van der Waals surface area contributed by atoms with E-state index in [1.807, 2.05) is 6.92 Å². The monoisotopic (exact) mass is 334 g/mol. The van der Waals surface area contributed by atoms with Gasteiger partial charge in [0.1, 0.15) is 0 Å². The molecule has 2 rings (SSSR count). The molecule has 0 heterocycles. The number of Topliss-reactive ketones (excluding diaryl/α,β-unsaturated/α-hetero) is 1. The van der Waals surface area contributed by atoms with Crippen molar-refractivity contribution in [3.8, 4) is 0 Å². The first kappa shape index (κ1) is 15.6. The molecule has 3 atom stereocenters. The number of carbonyl (C=O) groups is 2. The number of benzene rings is 1. The number of carboxylic acid groups (broad SMARTS) is 1. The average Bonchev–Trinajstić information content (AvgIpc) is 2.70. The fraction of sp³-hybridized carbons (Fsp3) is 0.429. The quantitative estimate of drug-likeness (QED) is 0.823. The van der Waals surface area contributed by atoms with Gasteiger partial charge in [-0.25, -0.2) is 0 Å². The van der Waals surface area contributed by atoms with Crippen LogP contribution in [0.5, 0.6) is 0 Å². The van der Waals surface area contributed by atoms with Gasteiger partial charge in [-0.15, -0.1) is 0 Å². The van der Waals surface area contributed by atoms with Crippen LogP contribution >= 0.6 is 34.8 Å². The van der Waals surface area contributed by atoms with Gasteiger partial charge >= 0.3 is 5.97 Å². The number of rotatable bonds is 3. The van der Waals surface area contributed by atoms with Crippen LogP contribution in [-0.4, -0.2) is 16.9 Å². The maximum Gasteiger partial charge on any atom is 0.307 e. The van der Waals surface area contributed by atoms with E-state index in [2.05, 4.69) is 0 Å². The van der Waals surface area contributed by atoms with Crippen molar-refractivity contribution >= 4 is 46.6 Å². The molecule has 20 heavy (non-hydrogen) atoms. The highest BCUT2D eigenvalue weighted by Crippen LogP contribution is 2.41. The summed E-state index contributed by atoms with van der Waals surface area (Å²) in [7, 11) is 0. The second kappa shape index (κ2) is 5.92. The number of carbonyl (C=O) groups excluding carboxylic acids is 1. The molecule has 1 N–H and O–H groups in total. The molecule has 1 aromatic rings. The van der Waals surface area contributed by atoms with E-state index in [9.17, 15) is 14.7 Å². The summed E-state index contributed by atoms with van der Waals surface area (Å²) in [6.07, 6.45) is 1.03. The molecule has 0 amide bonds. The number of carboxylic acids is 1. The lowest BCUT2D eigenvalue weighted by atomic mass is 9.88. The maximum absolute atomic E-state index is 12.6. The van der Waals surface area contributed by atoms with Crippen molar-refractivity contribution in [2.45, 2.75) is 19.8 Å². The van der Waals surface area contributed by atoms with Crippen molar-refractivity contribution in [2.24, 2.45) is 17.8 Å². The zero-order chi connectivity index (χ0) is 15.0. The Bertz CT molecular complexity index is 548. The summed E-state index contributed by atoms with van der Waals surface area (Å²) in [4.78, 5) is 23.9. The van der Waals surface area contributed by atoms with Crippen LogP contribution in [0.15, 0.2) is 12.1 Å². The Kier molecular flexibility index (Phi) is 4.62. The summed E-state index contributed by atoms with van der Waals surface area (Å²) in [5, 5.41) is 9.91. The number of ketones is 1. The molecule has 1 aromatic carbocycles. The zero-order valence-electron chi connectivity index (χ0n) is 10.7. The second-order valence-corrected chi connectivity index (χ2v) is 6.49. The van der Waals surface area contributed by atoms with Gasteiger partial charge in [-0.3, -0.25) is 9.59 Å². The Balaban J connectivity index is 2.39. The second-order valence-electron chi connectivity index (χ2n) is 5.24. The first-order valence-electron chi connectivity index (χ1n) is 6.22. The Hall–Kier alpha value is -0.770. The molecule has 0 radical (unpaired) electrons. The van der Waals surface area contributed by atoms with Crippen molar-refractivity contribution in [3.63, 3.8) is 0 Å². The molecule has 0 aliphatic heterocycles. The van der Waals surface area contributed by atoms with Gasteiger partial charge in [0.25, 0.3) is 0 Å². The van der Waals surface area contributed by atoms with Crippen LogP contribution in [0.2, 0.25) is 15.1 Å². The van der Waals surface area contributed by atoms with Gasteiger partial charge in [0.05, 0.1) is 21.5 Å². The van der Waals surface area contributed by atoms with Crippen LogP contribution in [-0.2, 0) is 4.79 Å². The summed E-state index contributed by atoms with van der Waals surface area (Å²) < 4.78 is 0. The Morgan fingerprint density at radius 3 is 2.10 bits per heavy atom. The van der Waals surface area contributed by atoms with E-state index in [-0.39, 0.29) is 27.3 Å². The fourth-order valence-electron chi connectivity index (χ4n) is 2.82. The molecule has 1 saturated carbocycles. The summed E-state index contributed by atoms with van der Waals surface area (Å²) in [6.45, 7) is 1.94. The Labute approximate surface area is 131 Å². The van der Waals surface area contributed by atoms with Crippen molar-refractivity contribution in [1.82, 2.24) is 0 Å². The molecule has 1 aliphatic rings. The minimum atomic E-state index is -0.950. The molecule has 6 heteroatoms. The topological polar surface area (TPSA) is 54.4 Å². The van der Waals surface area contributed by atoms with Crippen molar-refractivity contribution < 1.29 is 14.7 Å². The zero-order valence-corrected chi connectivity index (χ0v) is 13.0. The average molecular weight is 336 g/mol. The van der Waals surface area contributed by atoms with Gasteiger partial charge in [-0.2, -0.15) is 0 Å². The summed E-state index contributed by atoms with van der Waals surface area (Å²) >= 11 is 17.9. The van der Waals surface area contributed by atoms with Crippen molar-refractivity contribution in [1.29, 1.82) is 0 Å². The highest BCUT2D eigenvalue weighted by atomic mass is 35.5. The molecule has 108 valence electrons. The number of hydrogen-bond donors (Lipinski definition) is 1. The van der Waals surface area contributed by atoms with Gasteiger partial charge in [0.15, 0.2) is 5.78 Å². The first-order valence-corrected chi connectivity index (χ1v) is 7.36.